The Morgan fingerprint density at radius 1 is 1.46 bits per heavy atom. The van der Waals surface area contributed by atoms with E-state index in [1.54, 1.807) is 13.0 Å². The third kappa shape index (κ3) is 4.46. The molecule has 7 nitrogen and oxygen atoms in total. The Morgan fingerprint density at radius 3 is 2.79 bits per heavy atom. The standard InChI is InChI=1S/C16H24N2O5S/c1-12-9-14(6-7-15(12)22-3)24(20,21)18(2)11-16(19)17-10-13-5-4-8-23-13/h6-7,9,13H,4-5,8,10-11H2,1-3H3,(H,17,19). The van der Waals surface area contributed by atoms with Crippen molar-refractivity contribution in [3.05, 3.63) is 23.8 Å². The largest absolute Gasteiger partial charge is 0.496 e. The summed E-state index contributed by atoms with van der Waals surface area (Å²) in [6.07, 6.45) is 1.94. The summed E-state index contributed by atoms with van der Waals surface area (Å²) in [6.45, 7) is 2.66. The number of nitrogens with one attached hydrogen (secondary N) is 1. The molecule has 1 aromatic rings. The Hall–Kier alpha value is -1.64. The zero-order valence-corrected chi connectivity index (χ0v) is 15.1. The second-order valence-electron chi connectivity index (χ2n) is 5.83. The molecule has 1 fully saturated rings. The Labute approximate surface area is 143 Å². The summed E-state index contributed by atoms with van der Waals surface area (Å²) in [4.78, 5) is 12.1. The van der Waals surface area contributed by atoms with Crippen LogP contribution >= 0.6 is 0 Å². The van der Waals surface area contributed by atoms with E-state index < -0.39 is 10.0 Å². The summed E-state index contributed by atoms with van der Waals surface area (Å²) in [5, 5.41) is 2.72. The van der Waals surface area contributed by atoms with Crippen molar-refractivity contribution in [2.24, 2.45) is 0 Å². The molecule has 0 aliphatic carbocycles. The number of likely N-dealkylation sites (N-methyl/N-ethyl adjacent to an activating group) is 1. The SMILES string of the molecule is COc1ccc(S(=O)(=O)N(C)CC(=O)NCC2CCCO2)cc1C. The van der Waals surface area contributed by atoms with E-state index in [1.807, 2.05) is 0 Å². The minimum absolute atomic E-state index is 0.0279. The maximum absolute atomic E-state index is 12.6. The van der Waals surface area contributed by atoms with Crippen LogP contribution < -0.4 is 10.1 Å². The van der Waals surface area contributed by atoms with E-state index in [1.165, 1.54) is 26.3 Å². The Bertz CT molecular complexity index is 684. The van der Waals surface area contributed by atoms with Crippen LogP contribution in [0, 0.1) is 6.92 Å². The lowest BCUT2D eigenvalue weighted by atomic mass is 10.2. The second kappa shape index (κ2) is 7.96. The maximum Gasteiger partial charge on any atom is 0.243 e. The van der Waals surface area contributed by atoms with Gasteiger partial charge in [0.25, 0.3) is 0 Å². The van der Waals surface area contributed by atoms with Crippen LogP contribution in [0.5, 0.6) is 5.75 Å². The number of amides is 1. The van der Waals surface area contributed by atoms with E-state index in [4.69, 9.17) is 9.47 Å². The predicted octanol–water partition coefficient (Wildman–Crippen LogP) is 0.919. The summed E-state index contributed by atoms with van der Waals surface area (Å²) in [5.74, 6) is 0.271. The minimum atomic E-state index is -3.73. The lowest BCUT2D eigenvalue weighted by molar-refractivity contribution is -0.121. The highest BCUT2D eigenvalue weighted by Crippen LogP contribution is 2.23. The zero-order valence-electron chi connectivity index (χ0n) is 14.2. The van der Waals surface area contributed by atoms with Crippen LogP contribution in [0.4, 0.5) is 0 Å². The van der Waals surface area contributed by atoms with Crippen molar-refractivity contribution in [2.45, 2.75) is 30.8 Å². The topological polar surface area (TPSA) is 84.9 Å². The number of hydrogen-bond donors (Lipinski definition) is 1. The van der Waals surface area contributed by atoms with Gasteiger partial charge in [0.2, 0.25) is 15.9 Å². The van der Waals surface area contributed by atoms with Gasteiger partial charge in [-0.05, 0) is 43.5 Å². The van der Waals surface area contributed by atoms with Gasteiger partial charge in [-0.1, -0.05) is 0 Å². The van der Waals surface area contributed by atoms with E-state index in [2.05, 4.69) is 5.32 Å². The third-order valence-corrected chi connectivity index (χ3v) is 5.79. The summed E-state index contributed by atoms with van der Waals surface area (Å²) >= 11 is 0. The van der Waals surface area contributed by atoms with E-state index in [9.17, 15) is 13.2 Å². The van der Waals surface area contributed by atoms with Crippen molar-refractivity contribution in [1.29, 1.82) is 0 Å². The highest BCUT2D eigenvalue weighted by atomic mass is 32.2. The highest BCUT2D eigenvalue weighted by Gasteiger charge is 2.24. The molecule has 0 aromatic heterocycles. The fraction of sp³-hybridized carbons (Fsp3) is 0.562. The van der Waals surface area contributed by atoms with E-state index >= 15 is 0 Å². The fourth-order valence-electron chi connectivity index (χ4n) is 2.57. The van der Waals surface area contributed by atoms with Gasteiger partial charge in [0.15, 0.2) is 0 Å². The minimum Gasteiger partial charge on any atom is -0.496 e. The van der Waals surface area contributed by atoms with Crippen molar-refractivity contribution in [2.75, 3.05) is 33.9 Å². The van der Waals surface area contributed by atoms with E-state index in [0.29, 0.717) is 18.9 Å². The van der Waals surface area contributed by atoms with Crippen molar-refractivity contribution in [3.63, 3.8) is 0 Å². The Balaban J connectivity index is 1.97. The molecule has 1 aromatic carbocycles. The number of ether oxygens (including phenoxy) is 2. The molecule has 1 amide bonds. The van der Waals surface area contributed by atoms with Crippen LogP contribution in [0.25, 0.3) is 0 Å². The number of sulfonamides is 1. The number of carbonyl (C=O) groups excluding carboxylic acids is 1. The number of aryl methyl sites for hydroxylation is 1. The summed E-state index contributed by atoms with van der Waals surface area (Å²) < 4.78 is 36.7. The average molecular weight is 356 g/mol. The average Bonchev–Trinajstić information content (AvgIpc) is 3.06. The van der Waals surface area contributed by atoms with Crippen LogP contribution in [0.2, 0.25) is 0 Å². The predicted molar refractivity (Wildman–Crippen MR) is 89.5 cm³/mol. The van der Waals surface area contributed by atoms with Gasteiger partial charge in [-0.25, -0.2) is 8.42 Å². The molecular weight excluding hydrogens is 332 g/mol. The molecule has 1 aliphatic heterocycles. The first-order chi connectivity index (χ1) is 11.3. The molecule has 0 spiro atoms. The van der Waals surface area contributed by atoms with Gasteiger partial charge in [-0.3, -0.25) is 4.79 Å². The van der Waals surface area contributed by atoms with Gasteiger partial charge < -0.3 is 14.8 Å². The fourth-order valence-corrected chi connectivity index (χ4v) is 3.78. The number of nitrogens with zero attached hydrogens (tertiary/aromatic N) is 1. The first-order valence-electron chi connectivity index (χ1n) is 7.84. The molecule has 0 saturated carbocycles. The van der Waals surface area contributed by atoms with E-state index in [-0.39, 0.29) is 23.5 Å². The lowest BCUT2D eigenvalue weighted by Crippen LogP contribution is -2.40. The first-order valence-corrected chi connectivity index (χ1v) is 9.28. The molecule has 1 saturated heterocycles. The number of rotatable bonds is 7. The highest BCUT2D eigenvalue weighted by molar-refractivity contribution is 7.89. The number of methoxy groups -OCH3 is 1. The van der Waals surface area contributed by atoms with Crippen molar-refractivity contribution < 1.29 is 22.7 Å². The van der Waals surface area contributed by atoms with Crippen molar-refractivity contribution in [3.8, 4) is 5.75 Å². The van der Waals surface area contributed by atoms with E-state index in [0.717, 1.165) is 22.7 Å². The van der Waals surface area contributed by atoms with Gasteiger partial charge in [0.05, 0.1) is 24.7 Å². The number of carbonyl (C=O) groups is 1. The van der Waals surface area contributed by atoms with Crippen molar-refractivity contribution in [1.82, 2.24) is 9.62 Å². The molecule has 8 heteroatoms. The van der Waals surface area contributed by atoms with Crippen LogP contribution in [-0.4, -0.2) is 58.6 Å². The van der Waals surface area contributed by atoms with Crippen molar-refractivity contribution >= 4 is 15.9 Å². The van der Waals surface area contributed by atoms with Gasteiger partial charge in [-0.2, -0.15) is 4.31 Å². The Kier molecular flexibility index (Phi) is 6.20. The second-order valence-corrected chi connectivity index (χ2v) is 7.88. The van der Waals surface area contributed by atoms with Gasteiger partial charge >= 0.3 is 0 Å². The molecule has 1 heterocycles. The molecule has 2 rings (SSSR count). The molecule has 1 N–H and O–H groups in total. The zero-order chi connectivity index (χ0) is 17.7. The smallest absolute Gasteiger partial charge is 0.243 e. The number of hydrogen-bond acceptors (Lipinski definition) is 5. The van der Waals surface area contributed by atoms with Crippen LogP contribution in [0.15, 0.2) is 23.1 Å². The molecule has 134 valence electrons. The Morgan fingerprint density at radius 2 is 2.21 bits per heavy atom. The first kappa shape index (κ1) is 18.7. The molecule has 1 unspecified atom stereocenters. The number of benzene rings is 1. The summed E-state index contributed by atoms with van der Waals surface area (Å²) in [7, 11) is -0.815. The molecule has 1 atom stereocenters. The van der Waals surface area contributed by atoms with Gasteiger partial charge in [0, 0.05) is 20.2 Å². The van der Waals surface area contributed by atoms with Gasteiger partial charge in [-0.15, -0.1) is 0 Å². The summed E-state index contributed by atoms with van der Waals surface area (Å²) in [6, 6.07) is 4.62. The monoisotopic (exact) mass is 356 g/mol. The normalized spacial score (nSPS) is 17.9. The molecule has 0 bridgehead atoms. The molecular formula is C16H24N2O5S. The summed E-state index contributed by atoms with van der Waals surface area (Å²) in [5.41, 5.74) is 0.717. The molecule has 1 aliphatic rings. The maximum atomic E-state index is 12.6. The third-order valence-electron chi connectivity index (χ3n) is 3.99. The lowest BCUT2D eigenvalue weighted by Gasteiger charge is -2.18. The van der Waals surface area contributed by atoms with Gasteiger partial charge in [0.1, 0.15) is 5.75 Å². The van der Waals surface area contributed by atoms with Crippen LogP contribution in [0.1, 0.15) is 18.4 Å². The molecule has 0 radical (unpaired) electrons. The van der Waals surface area contributed by atoms with Crippen LogP contribution in [-0.2, 0) is 19.6 Å². The molecule has 24 heavy (non-hydrogen) atoms. The quantitative estimate of drug-likeness (QED) is 0.785. The van der Waals surface area contributed by atoms with Crippen LogP contribution in [0.3, 0.4) is 0 Å².